The summed E-state index contributed by atoms with van der Waals surface area (Å²) < 4.78 is 548. The molecule has 44 heteroatoms. The first-order valence-electron chi connectivity index (χ1n) is 14.2. The molecule has 0 aromatic heterocycles. The predicted octanol–water partition coefficient (Wildman–Crippen LogP) is 12.9. The number of rotatable bonds is 21. The van der Waals surface area contributed by atoms with Gasteiger partial charge in [0.25, 0.3) is 0 Å². The molecule has 0 spiro atoms. The quantitative estimate of drug-likeness (QED) is 0.0888. The van der Waals surface area contributed by atoms with E-state index in [1.54, 1.807) is 0 Å². The Labute approximate surface area is 331 Å². The molecule has 398 valence electrons. The maximum atomic E-state index is 14.1. The molecule has 0 aromatic rings. The summed E-state index contributed by atoms with van der Waals surface area (Å²) in [7, 11) is -6.30. The van der Waals surface area contributed by atoms with Crippen molar-refractivity contribution in [1.29, 1.82) is 0 Å². The summed E-state index contributed by atoms with van der Waals surface area (Å²) in [5.74, 6) is -178. The van der Waals surface area contributed by atoms with E-state index in [4.69, 9.17) is 9.79 Å². The lowest BCUT2D eigenvalue weighted by Crippen LogP contribution is -2.80. The molecule has 0 saturated heterocycles. The molecule has 66 heavy (non-hydrogen) atoms. The highest BCUT2D eigenvalue weighted by Crippen LogP contribution is 2.71. The maximum Gasteiger partial charge on any atom is 0.469 e. The highest BCUT2D eigenvalue weighted by Gasteiger charge is 3.03. The third-order valence-electron chi connectivity index (χ3n) is 7.99. The van der Waals surface area contributed by atoms with Gasteiger partial charge in [0.15, 0.2) is 0 Å². The molecule has 0 fully saturated rings. The van der Waals surface area contributed by atoms with Crippen LogP contribution in [-0.2, 0) is 9.09 Å². The van der Waals surface area contributed by atoms with Crippen LogP contribution in [0.4, 0.5) is 171 Å². The van der Waals surface area contributed by atoms with Crippen LogP contribution in [-0.4, -0.2) is 129 Å². The first kappa shape index (κ1) is 63.4. The molecule has 0 aromatic carbocycles. The van der Waals surface area contributed by atoms with E-state index in [1.165, 1.54) is 0 Å². The Balaban J connectivity index is 7.88. The molecule has 0 amide bonds. The summed E-state index contributed by atoms with van der Waals surface area (Å²) in [6, 6.07) is 0. The van der Waals surface area contributed by atoms with Crippen LogP contribution < -0.4 is 0 Å². The number of alkyl halides is 39. The molecule has 0 bridgehead atoms. The van der Waals surface area contributed by atoms with Gasteiger partial charge in [-0.1, -0.05) is 0 Å². The van der Waals surface area contributed by atoms with Crippen molar-refractivity contribution < 1.29 is 190 Å². The Morgan fingerprint density at radius 2 is 0.439 bits per heavy atom. The van der Waals surface area contributed by atoms with Crippen LogP contribution in [0.1, 0.15) is 13.3 Å². The zero-order valence-corrected chi connectivity index (χ0v) is 29.6. The summed E-state index contributed by atoms with van der Waals surface area (Å²) in [6.07, 6.45) is -15.7. The van der Waals surface area contributed by atoms with Crippen molar-refractivity contribution in [1.82, 2.24) is 0 Å². The van der Waals surface area contributed by atoms with Gasteiger partial charge >= 0.3 is 121 Å². The molecule has 4 nitrogen and oxygen atoms in total. The van der Waals surface area contributed by atoms with Crippen molar-refractivity contribution in [2.75, 3.05) is 0 Å². The van der Waals surface area contributed by atoms with Gasteiger partial charge in [0.05, 0.1) is 6.10 Å². The highest BCUT2D eigenvalue weighted by molar-refractivity contribution is 7.46. The van der Waals surface area contributed by atoms with Crippen molar-refractivity contribution in [3.05, 3.63) is 0 Å². The largest absolute Gasteiger partial charge is 0.469 e. The number of phosphoric ester groups is 1. The molecule has 0 saturated carbocycles. The molecule has 0 heterocycles. The van der Waals surface area contributed by atoms with Gasteiger partial charge in [-0.15, -0.1) is 0 Å². The first-order chi connectivity index (χ1) is 27.6. The molecule has 0 radical (unpaired) electrons. The van der Waals surface area contributed by atoms with Crippen molar-refractivity contribution in [3.8, 4) is 0 Å². The van der Waals surface area contributed by atoms with Gasteiger partial charge in [0.1, 0.15) is 0 Å². The number of halogens is 39. The molecular weight excluding hydrogens is 1100 g/mol. The van der Waals surface area contributed by atoms with Crippen LogP contribution in [0, 0.1) is 0 Å². The fourth-order valence-corrected chi connectivity index (χ4v) is 4.67. The van der Waals surface area contributed by atoms with Gasteiger partial charge < -0.3 is 9.79 Å². The van der Waals surface area contributed by atoms with E-state index >= 15 is 0 Å². The summed E-state index contributed by atoms with van der Waals surface area (Å²) in [5.41, 5.74) is 0. The lowest BCUT2D eigenvalue weighted by atomic mass is 9.82. The number of phosphoric acid groups is 1. The Morgan fingerprint density at radius 1 is 0.303 bits per heavy atom. The summed E-state index contributed by atoms with van der Waals surface area (Å²) in [4.78, 5) is 16.6. The van der Waals surface area contributed by atoms with Gasteiger partial charge in [0, 0.05) is 6.42 Å². The Hall–Kier alpha value is -2.62. The Bertz CT molecular complexity index is 1800. The molecule has 2 N–H and O–H groups in total. The number of hydrogen-bond acceptors (Lipinski definition) is 2. The topological polar surface area (TPSA) is 66.8 Å². The minimum Gasteiger partial charge on any atom is -0.303 e. The van der Waals surface area contributed by atoms with Crippen molar-refractivity contribution in [2.45, 2.75) is 132 Å². The molecule has 0 aliphatic heterocycles. The second-order valence-electron chi connectivity index (χ2n) is 12.6. The summed E-state index contributed by atoms with van der Waals surface area (Å²) >= 11 is 0. The van der Waals surface area contributed by atoms with E-state index in [0.717, 1.165) is 0 Å². The van der Waals surface area contributed by atoms with Crippen LogP contribution in [0.3, 0.4) is 0 Å². The molecule has 1 atom stereocenters. The van der Waals surface area contributed by atoms with E-state index in [-0.39, 0.29) is 6.92 Å². The third kappa shape index (κ3) is 7.80. The maximum absolute atomic E-state index is 14.1. The average Bonchev–Trinajstić information content (AvgIpc) is 3.04. The predicted molar refractivity (Wildman–Crippen MR) is 122 cm³/mol. The van der Waals surface area contributed by atoms with Crippen molar-refractivity contribution >= 4 is 7.82 Å². The van der Waals surface area contributed by atoms with Crippen molar-refractivity contribution in [3.63, 3.8) is 0 Å². The standard InChI is InChI=1S/C22H8F39O4P/c1-3(65-66(62,63)64)2-4(23,24)5(25,26)6(27,28)7(29,30)8(31,32)9(33,34)10(35,36)11(37,38)12(39,40)13(41,42)14(43,44)15(45,46)16(47,48)17(49,50)18(51,52)19(53,54)20(55,56)21(57,58)22(59,60)61/h3H,2H2,1H3,(H2,62,63,64). The fourth-order valence-electron chi connectivity index (χ4n) is 4.13. The van der Waals surface area contributed by atoms with Crippen LogP contribution in [0.5, 0.6) is 0 Å². The van der Waals surface area contributed by atoms with Gasteiger partial charge in [-0.3, -0.25) is 4.52 Å². The van der Waals surface area contributed by atoms with Crippen LogP contribution in [0.2, 0.25) is 0 Å². The van der Waals surface area contributed by atoms with Gasteiger partial charge in [0.2, 0.25) is 0 Å². The van der Waals surface area contributed by atoms with E-state index in [1.807, 2.05) is 0 Å². The van der Waals surface area contributed by atoms with Crippen LogP contribution >= 0.6 is 7.82 Å². The SMILES string of the molecule is CC(CC(F)(F)C(F)(F)C(F)(F)C(F)(F)C(F)(F)C(F)(F)C(F)(F)C(F)(F)C(F)(F)C(F)(F)C(F)(F)C(F)(F)C(F)(F)C(F)(F)C(F)(F)C(F)(F)C(F)(F)C(F)(F)C(F)(F)F)OP(=O)(O)O. The monoisotopic (exact) mass is 1110 g/mol. The Morgan fingerprint density at radius 3 is 0.576 bits per heavy atom. The lowest BCUT2D eigenvalue weighted by molar-refractivity contribution is -0.494. The van der Waals surface area contributed by atoms with E-state index in [9.17, 15) is 176 Å². The first-order valence-corrected chi connectivity index (χ1v) is 15.7. The van der Waals surface area contributed by atoms with E-state index in [2.05, 4.69) is 4.52 Å². The summed E-state index contributed by atoms with van der Waals surface area (Å²) in [6.45, 7) is -0.367. The molecule has 0 aliphatic rings. The highest BCUT2D eigenvalue weighted by atomic mass is 31.2. The fraction of sp³-hybridized carbons (Fsp3) is 1.00. The Kier molecular flexibility index (Phi) is 15.1. The molecular formula is C22H8F39O4P. The van der Waals surface area contributed by atoms with Gasteiger partial charge in [-0.2, -0.15) is 171 Å². The van der Waals surface area contributed by atoms with Crippen LogP contribution in [0.15, 0.2) is 0 Å². The van der Waals surface area contributed by atoms with Crippen molar-refractivity contribution in [2.24, 2.45) is 0 Å². The van der Waals surface area contributed by atoms with Crippen LogP contribution in [0.25, 0.3) is 0 Å². The normalized spacial score (nSPS) is 17.7. The average molecular weight is 1110 g/mol. The molecule has 1 unspecified atom stereocenters. The zero-order chi connectivity index (χ0) is 55.0. The number of hydrogen-bond donors (Lipinski definition) is 2. The minimum absolute atomic E-state index is 0.367. The second kappa shape index (κ2) is 15.7. The molecule has 0 aliphatic carbocycles. The van der Waals surface area contributed by atoms with Gasteiger partial charge in [-0.05, 0) is 6.92 Å². The zero-order valence-electron chi connectivity index (χ0n) is 28.7. The smallest absolute Gasteiger partial charge is 0.303 e. The third-order valence-corrected chi connectivity index (χ3v) is 8.62. The van der Waals surface area contributed by atoms with Gasteiger partial charge in [-0.25, -0.2) is 4.57 Å². The molecule has 0 rings (SSSR count). The van der Waals surface area contributed by atoms with E-state index in [0.29, 0.717) is 0 Å². The summed E-state index contributed by atoms with van der Waals surface area (Å²) in [5, 5.41) is 0. The second-order valence-corrected chi connectivity index (χ2v) is 13.8. The van der Waals surface area contributed by atoms with E-state index < -0.39 is 133 Å². The minimum atomic E-state index is -10.6. The lowest BCUT2D eigenvalue weighted by Gasteiger charge is -2.47.